The van der Waals surface area contributed by atoms with E-state index in [2.05, 4.69) is 135 Å². The van der Waals surface area contributed by atoms with Gasteiger partial charge < -0.3 is 4.57 Å². The molecular formula is C42H37N. The highest BCUT2D eigenvalue weighted by Crippen LogP contribution is 2.45. The number of fused-ring (bicyclic) bond motifs is 5. The third-order valence-electron chi connectivity index (χ3n) is 9.76. The first kappa shape index (κ1) is 26.0. The predicted octanol–water partition coefficient (Wildman–Crippen LogP) is 11.4. The zero-order chi connectivity index (χ0) is 29.1. The summed E-state index contributed by atoms with van der Waals surface area (Å²) in [6.45, 7) is 7.73. The second kappa shape index (κ2) is 10.3. The van der Waals surface area contributed by atoms with Crippen molar-refractivity contribution >= 4 is 44.1 Å². The molecule has 1 heterocycles. The molecule has 5 aromatic carbocycles. The van der Waals surface area contributed by atoms with Crippen LogP contribution in [0.4, 0.5) is 0 Å². The van der Waals surface area contributed by atoms with E-state index in [0.717, 1.165) is 32.2 Å². The summed E-state index contributed by atoms with van der Waals surface area (Å²) in [6.07, 6.45) is 11.7. The Kier molecular flexibility index (Phi) is 6.22. The minimum atomic E-state index is 1.03. The van der Waals surface area contributed by atoms with E-state index >= 15 is 0 Å². The third-order valence-corrected chi connectivity index (χ3v) is 9.76. The summed E-state index contributed by atoms with van der Waals surface area (Å²) < 4.78 is 2.52. The number of allylic oxidation sites excluding steroid dienone is 5. The van der Waals surface area contributed by atoms with Crippen LogP contribution in [-0.2, 0) is 13.0 Å². The van der Waals surface area contributed by atoms with Gasteiger partial charge in [-0.25, -0.2) is 0 Å². The fourth-order valence-corrected chi connectivity index (χ4v) is 7.76. The van der Waals surface area contributed by atoms with Gasteiger partial charge in [0, 0.05) is 28.7 Å². The number of hydrogen-bond acceptors (Lipinski definition) is 0. The molecule has 8 rings (SSSR count). The van der Waals surface area contributed by atoms with E-state index < -0.39 is 0 Å². The Bertz CT molecular complexity index is 2160. The van der Waals surface area contributed by atoms with Crippen LogP contribution >= 0.6 is 0 Å². The lowest BCUT2D eigenvalue weighted by atomic mass is 9.80. The van der Waals surface area contributed by atoms with Gasteiger partial charge in [-0.15, -0.1) is 0 Å². The Morgan fingerprint density at radius 2 is 1.19 bits per heavy atom. The standard InChI is InChI=1S/C42H37N/c1-4-43-39-13-9-8-12-33(39)36-26-32(20-23-40(36)43)29-16-18-31(19-17-29)42-35-22-15-27(2)24-37(35)41(30-10-6-5-7-11-30)34-21-14-28(3)25-38(34)42/h5-16,18,21-22,24-26H,4,17,19-20,23H2,1-3H3. The molecule has 210 valence electrons. The molecular weight excluding hydrogens is 518 g/mol. The molecule has 0 spiro atoms. The summed E-state index contributed by atoms with van der Waals surface area (Å²) in [5, 5.41) is 6.82. The topological polar surface area (TPSA) is 4.93 Å². The Morgan fingerprint density at radius 1 is 0.558 bits per heavy atom. The monoisotopic (exact) mass is 555 g/mol. The van der Waals surface area contributed by atoms with Crippen molar-refractivity contribution in [2.75, 3.05) is 0 Å². The predicted molar refractivity (Wildman–Crippen MR) is 186 cm³/mol. The molecule has 2 aliphatic rings. The first-order chi connectivity index (χ1) is 21.1. The van der Waals surface area contributed by atoms with Crippen molar-refractivity contribution in [2.45, 2.75) is 53.0 Å². The summed E-state index contributed by atoms with van der Waals surface area (Å²) in [6, 6.07) is 33.9. The lowest BCUT2D eigenvalue weighted by Crippen LogP contribution is -2.07. The van der Waals surface area contributed by atoms with Crippen LogP contribution in [-0.4, -0.2) is 4.57 Å². The molecule has 1 heteroatoms. The highest BCUT2D eigenvalue weighted by molar-refractivity contribution is 6.19. The van der Waals surface area contributed by atoms with E-state index in [0.29, 0.717) is 0 Å². The molecule has 0 atom stereocenters. The smallest absolute Gasteiger partial charge is 0.0488 e. The van der Waals surface area contributed by atoms with Gasteiger partial charge in [-0.3, -0.25) is 0 Å². The number of aryl methyl sites for hydroxylation is 3. The summed E-state index contributed by atoms with van der Waals surface area (Å²) in [5.74, 6) is 0. The van der Waals surface area contributed by atoms with E-state index in [1.165, 1.54) is 88.2 Å². The molecule has 0 radical (unpaired) electrons. The van der Waals surface area contributed by atoms with Crippen molar-refractivity contribution < 1.29 is 0 Å². The fourth-order valence-electron chi connectivity index (χ4n) is 7.76. The van der Waals surface area contributed by atoms with E-state index in [9.17, 15) is 0 Å². The average Bonchev–Trinajstić information content (AvgIpc) is 3.37. The van der Waals surface area contributed by atoms with Gasteiger partial charge >= 0.3 is 0 Å². The van der Waals surface area contributed by atoms with Crippen molar-refractivity contribution in [1.29, 1.82) is 0 Å². The van der Waals surface area contributed by atoms with Crippen LogP contribution in [0.25, 0.3) is 55.2 Å². The minimum Gasteiger partial charge on any atom is -0.344 e. The Balaban J connectivity index is 1.29. The van der Waals surface area contributed by atoms with Gasteiger partial charge in [-0.1, -0.05) is 108 Å². The van der Waals surface area contributed by atoms with Crippen molar-refractivity contribution in [3.63, 3.8) is 0 Å². The maximum atomic E-state index is 2.52. The third kappa shape index (κ3) is 4.21. The molecule has 0 amide bonds. The maximum absolute atomic E-state index is 2.52. The molecule has 0 saturated carbocycles. The van der Waals surface area contributed by atoms with Crippen LogP contribution in [0.3, 0.4) is 0 Å². The van der Waals surface area contributed by atoms with Crippen molar-refractivity contribution in [1.82, 2.24) is 4.57 Å². The van der Waals surface area contributed by atoms with Gasteiger partial charge in [0.25, 0.3) is 0 Å². The Labute approximate surface area is 254 Å². The quantitative estimate of drug-likeness (QED) is 0.191. The second-order valence-corrected chi connectivity index (χ2v) is 12.4. The lowest BCUT2D eigenvalue weighted by Gasteiger charge is -2.24. The first-order valence-electron chi connectivity index (χ1n) is 15.8. The van der Waals surface area contributed by atoms with Gasteiger partial charge in [-0.05, 0) is 114 Å². The van der Waals surface area contributed by atoms with Crippen molar-refractivity contribution in [2.24, 2.45) is 0 Å². The van der Waals surface area contributed by atoms with Crippen LogP contribution in [0.2, 0.25) is 0 Å². The van der Waals surface area contributed by atoms with Crippen LogP contribution in [0.15, 0.2) is 114 Å². The molecule has 1 aromatic heterocycles. The highest BCUT2D eigenvalue weighted by Gasteiger charge is 2.23. The molecule has 0 N–H and O–H groups in total. The van der Waals surface area contributed by atoms with Crippen LogP contribution in [0.5, 0.6) is 0 Å². The van der Waals surface area contributed by atoms with Crippen molar-refractivity contribution in [3.8, 4) is 11.1 Å². The highest BCUT2D eigenvalue weighted by atomic mass is 15.0. The number of hydrogen-bond donors (Lipinski definition) is 0. The van der Waals surface area contributed by atoms with Gasteiger partial charge in [-0.2, -0.15) is 0 Å². The molecule has 0 unspecified atom stereocenters. The molecule has 0 bridgehead atoms. The van der Waals surface area contributed by atoms with Gasteiger partial charge in [0.05, 0.1) is 0 Å². The van der Waals surface area contributed by atoms with Gasteiger partial charge in [0.1, 0.15) is 0 Å². The number of aromatic nitrogens is 1. The van der Waals surface area contributed by atoms with E-state index in [1.54, 1.807) is 0 Å². The van der Waals surface area contributed by atoms with E-state index in [-0.39, 0.29) is 0 Å². The largest absolute Gasteiger partial charge is 0.344 e. The fraction of sp³-hybridized carbons (Fsp3) is 0.190. The molecule has 2 aliphatic carbocycles. The zero-order valence-corrected chi connectivity index (χ0v) is 25.4. The molecule has 1 nitrogen and oxygen atoms in total. The molecule has 0 aliphatic heterocycles. The SMILES string of the molecule is CCn1c2c(c3ccccc31)C=C(C1=CC=C(c3c4cc(C)ccc4c(-c4ccccc4)c4cc(C)ccc34)CC1)CC2. The summed E-state index contributed by atoms with van der Waals surface area (Å²) >= 11 is 0. The summed E-state index contributed by atoms with van der Waals surface area (Å²) in [4.78, 5) is 0. The molecule has 0 fully saturated rings. The average molecular weight is 556 g/mol. The number of nitrogens with zero attached hydrogens (tertiary/aromatic N) is 1. The van der Waals surface area contributed by atoms with E-state index in [4.69, 9.17) is 0 Å². The normalized spacial score (nSPS) is 15.0. The van der Waals surface area contributed by atoms with Crippen molar-refractivity contribution in [3.05, 3.63) is 142 Å². The summed E-state index contributed by atoms with van der Waals surface area (Å²) in [7, 11) is 0. The Morgan fingerprint density at radius 3 is 1.91 bits per heavy atom. The number of para-hydroxylation sites is 1. The van der Waals surface area contributed by atoms with E-state index in [1.807, 2.05) is 0 Å². The second-order valence-electron chi connectivity index (χ2n) is 12.4. The summed E-state index contributed by atoms with van der Waals surface area (Å²) in [5.41, 5.74) is 15.4. The lowest BCUT2D eigenvalue weighted by molar-refractivity contribution is 0.720. The minimum absolute atomic E-state index is 1.03. The first-order valence-corrected chi connectivity index (χ1v) is 15.8. The maximum Gasteiger partial charge on any atom is 0.0488 e. The van der Waals surface area contributed by atoms with Crippen LogP contribution in [0, 0.1) is 13.8 Å². The van der Waals surface area contributed by atoms with Gasteiger partial charge in [0.2, 0.25) is 0 Å². The molecule has 43 heavy (non-hydrogen) atoms. The zero-order valence-electron chi connectivity index (χ0n) is 25.4. The van der Waals surface area contributed by atoms with Crippen LogP contribution < -0.4 is 0 Å². The van der Waals surface area contributed by atoms with Crippen LogP contribution in [0.1, 0.15) is 54.1 Å². The molecule has 0 saturated heterocycles. The van der Waals surface area contributed by atoms with Gasteiger partial charge in [0.15, 0.2) is 0 Å². The number of benzene rings is 5. The Hall–Kier alpha value is -4.62. The molecule has 6 aromatic rings. The number of rotatable bonds is 4.